The van der Waals surface area contributed by atoms with Crippen molar-refractivity contribution in [2.45, 2.75) is 43.5 Å². The molecule has 0 saturated carbocycles. The van der Waals surface area contributed by atoms with Crippen LogP contribution < -0.4 is 0 Å². The first-order chi connectivity index (χ1) is 9.92. The molecule has 0 radical (unpaired) electrons. The maximum Gasteiger partial charge on any atom is 0.257 e. The zero-order valence-electron chi connectivity index (χ0n) is 12.1. The minimum atomic E-state index is -1.13. The highest BCUT2D eigenvalue weighted by molar-refractivity contribution is 5.93. The molecule has 2 saturated heterocycles. The Balaban J connectivity index is 1.64. The van der Waals surface area contributed by atoms with Crippen LogP contribution in [0.2, 0.25) is 0 Å². The van der Waals surface area contributed by atoms with Crippen LogP contribution in [0.25, 0.3) is 0 Å². The van der Waals surface area contributed by atoms with Crippen molar-refractivity contribution < 1.29 is 19.7 Å². The Hall–Kier alpha value is -1.44. The fourth-order valence-electron chi connectivity index (χ4n) is 3.25. The number of ether oxygens (including phenoxy) is 1. The second kappa shape index (κ2) is 5.08. The summed E-state index contributed by atoms with van der Waals surface area (Å²) in [5, 5.41) is 26.5. The third kappa shape index (κ3) is 2.68. The summed E-state index contributed by atoms with van der Waals surface area (Å²) in [6.07, 6.45) is 3.98. The highest BCUT2D eigenvalue weighted by Gasteiger charge is 2.49. The van der Waals surface area contributed by atoms with Crippen molar-refractivity contribution in [2.24, 2.45) is 0 Å². The second-order valence-electron chi connectivity index (χ2n) is 6.32. The van der Waals surface area contributed by atoms with Gasteiger partial charge in [-0.05, 0) is 19.8 Å². The average Bonchev–Trinajstić information content (AvgIpc) is 2.97. The van der Waals surface area contributed by atoms with E-state index in [1.807, 2.05) is 0 Å². The molecule has 2 aliphatic rings. The molecule has 0 aliphatic carbocycles. The number of carbonyl (C=O) groups excluding carboxylic acids is 1. The van der Waals surface area contributed by atoms with Gasteiger partial charge < -0.3 is 19.8 Å². The Morgan fingerprint density at radius 3 is 2.81 bits per heavy atom. The van der Waals surface area contributed by atoms with Crippen LogP contribution in [-0.2, 0) is 4.74 Å². The summed E-state index contributed by atoms with van der Waals surface area (Å²) in [6.45, 7) is 2.94. The van der Waals surface area contributed by atoms with Gasteiger partial charge in [-0.3, -0.25) is 9.89 Å². The Morgan fingerprint density at radius 2 is 2.24 bits per heavy atom. The van der Waals surface area contributed by atoms with Crippen molar-refractivity contribution in [3.05, 3.63) is 18.0 Å². The first-order valence-corrected chi connectivity index (χ1v) is 7.24. The van der Waals surface area contributed by atoms with Crippen molar-refractivity contribution in [1.82, 2.24) is 15.1 Å². The van der Waals surface area contributed by atoms with E-state index in [4.69, 9.17) is 4.74 Å². The van der Waals surface area contributed by atoms with Crippen LogP contribution in [0.3, 0.4) is 0 Å². The molecule has 3 heterocycles. The van der Waals surface area contributed by atoms with E-state index in [9.17, 15) is 15.0 Å². The van der Waals surface area contributed by atoms with Gasteiger partial charge in [-0.1, -0.05) is 0 Å². The quantitative estimate of drug-likeness (QED) is 0.673. The number of aliphatic hydroxyl groups excluding tert-OH is 1. The lowest BCUT2D eigenvalue weighted by atomic mass is 9.76. The van der Waals surface area contributed by atoms with Crippen LogP contribution in [0.15, 0.2) is 12.4 Å². The number of amides is 1. The second-order valence-corrected chi connectivity index (χ2v) is 6.32. The molecule has 1 spiro atoms. The number of carbonyl (C=O) groups is 1. The minimum Gasteiger partial charge on any atom is -0.388 e. The van der Waals surface area contributed by atoms with E-state index >= 15 is 0 Å². The summed E-state index contributed by atoms with van der Waals surface area (Å²) in [7, 11) is 0. The molecule has 7 nitrogen and oxygen atoms in total. The first kappa shape index (κ1) is 14.5. The lowest BCUT2D eigenvalue weighted by Crippen LogP contribution is -2.59. The monoisotopic (exact) mass is 295 g/mol. The molecule has 2 aliphatic heterocycles. The van der Waals surface area contributed by atoms with E-state index in [1.54, 1.807) is 18.0 Å². The van der Waals surface area contributed by atoms with Crippen molar-refractivity contribution in [3.8, 4) is 0 Å². The van der Waals surface area contributed by atoms with Gasteiger partial charge in [0.2, 0.25) is 0 Å². The molecular formula is C14H21N3O4. The number of nitrogens with one attached hydrogen (secondary N) is 1. The lowest BCUT2D eigenvalue weighted by Gasteiger charge is -2.49. The fraction of sp³-hybridized carbons (Fsp3) is 0.714. The number of aromatic nitrogens is 2. The summed E-state index contributed by atoms with van der Waals surface area (Å²) >= 11 is 0. The van der Waals surface area contributed by atoms with Crippen LogP contribution in [-0.4, -0.2) is 68.2 Å². The van der Waals surface area contributed by atoms with Gasteiger partial charge in [-0.15, -0.1) is 0 Å². The van der Waals surface area contributed by atoms with E-state index in [0.717, 1.165) is 0 Å². The number of H-pyrrole nitrogens is 1. The fourth-order valence-corrected chi connectivity index (χ4v) is 3.25. The van der Waals surface area contributed by atoms with Crippen molar-refractivity contribution >= 4 is 5.91 Å². The van der Waals surface area contributed by atoms with Crippen molar-refractivity contribution in [2.75, 3.05) is 19.7 Å². The number of rotatable bonds is 1. The normalized spacial score (nSPS) is 32.3. The maximum absolute atomic E-state index is 12.2. The van der Waals surface area contributed by atoms with Gasteiger partial charge in [-0.2, -0.15) is 5.10 Å². The molecule has 21 heavy (non-hydrogen) atoms. The zero-order chi connectivity index (χ0) is 15.1. The van der Waals surface area contributed by atoms with Crippen LogP contribution in [0, 0.1) is 0 Å². The molecule has 1 aromatic rings. The molecular weight excluding hydrogens is 274 g/mol. The topological polar surface area (TPSA) is 98.7 Å². The molecule has 1 aromatic heterocycles. The predicted molar refractivity (Wildman–Crippen MR) is 73.7 cm³/mol. The van der Waals surface area contributed by atoms with Crippen LogP contribution in [0.4, 0.5) is 0 Å². The van der Waals surface area contributed by atoms with Gasteiger partial charge in [0, 0.05) is 25.7 Å². The number of nitrogens with zero attached hydrogens (tertiary/aromatic N) is 2. The highest BCUT2D eigenvalue weighted by Crippen LogP contribution is 2.39. The maximum atomic E-state index is 12.2. The number of hydrogen-bond donors (Lipinski definition) is 3. The first-order valence-electron chi connectivity index (χ1n) is 7.24. The third-order valence-corrected chi connectivity index (χ3v) is 4.65. The van der Waals surface area contributed by atoms with Gasteiger partial charge in [0.25, 0.3) is 5.91 Å². The molecule has 0 aromatic carbocycles. The van der Waals surface area contributed by atoms with Gasteiger partial charge >= 0.3 is 0 Å². The molecule has 1 amide bonds. The third-order valence-electron chi connectivity index (χ3n) is 4.65. The molecule has 3 rings (SSSR count). The summed E-state index contributed by atoms with van der Waals surface area (Å²) in [5.74, 6) is -0.0406. The predicted octanol–water partition coefficient (Wildman–Crippen LogP) is -0.0833. The van der Waals surface area contributed by atoms with Crippen molar-refractivity contribution in [3.63, 3.8) is 0 Å². The smallest absolute Gasteiger partial charge is 0.257 e. The van der Waals surface area contributed by atoms with Gasteiger partial charge in [0.05, 0.1) is 29.6 Å². The minimum absolute atomic E-state index is 0.0406. The Kier molecular flexibility index (Phi) is 3.51. The molecule has 116 valence electrons. The molecule has 0 bridgehead atoms. The van der Waals surface area contributed by atoms with Crippen LogP contribution >= 0.6 is 0 Å². The van der Waals surface area contributed by atoms with E-state index in [-0.39, 0.29) is 12.5 Å². The summed E-state index contributed by atoms with van der Waals surface area (Å²) in [4.78, 5) is 14.0. The Morgan fingerprint density at radius 1 is 1.52 bits per heavy atom. The summed E-state index contributed by atoms with van der Waals surface area (Å²) in [5.41, 5.74) is -1.01. The van der Waals surface area contributed by atoms with E-state index in [2.05, 4.69) is 10.2 Å². The largest absolute Gasteiger partial charge is 0.388 e. The number of aliphatic hydroxyl groups is 2. The van der Waals surface area contributed by atoms with Crippen LogP contribution in [0.5, 0.6) is 0 Å². The highest BCUT2D eigenvalue weighted by atomic mass is 16.5. The number of likely N-dealkylation sites (tertiary alicyclic amines) is 1. The number of piperidine rings is 1. The SMILES string of the molecule is C[C@]1(O)CC2(CCN(C(=O)c3cn[nH]c3)CC2)OC[C@@H]1O. The van der Waals surface area contributed by atoms with E-state index < -0.39 is 17.3 Å². The van der Waals surface area contributed by atoms with Gasteiger partial charge in [0.1, 0.15) is 6.10 Å². The zero-order valence-corrected chi connectivity index (χ0v) is 12.1. The lowest BCUT2D eigenvalue weighted by molar-refractivity contribution is -0.221. The molecule has 3 N–H and O–H groups in total. The number of hydrogen-bond acceptors (Lipinski definition) is 5. The standard InChI is InChI=1S/C14H21N3O4/c1-13(20)9-14(21-8-11(13)18)2-4-17(5-3-14)12(19)10-6-15-16-7-10/h6-7,11,18,20H,2-5,8-9H2,1H3,(H,15,16)/t11-,13-/m0/s1. The summed E-state index contributed by atoms with van der Waals surface area (Å²) in [6, 6.07) is 0. The van der Waals surface area contributed by atoms with Crippen molar-refractivity contribution in [1.29, 1.82) is 0 Å². The van der Waals surface area contributed by atoms with Gasteiger partial charge in [-0.25, -0.2) is 0 Å². The summed E-state index contributed by atoms with van der Waals surface area (Å²) < 4.78 is 5.81. The Bertz CT molecular complexity index is 506. The molecule has 0 unspecified atom stereocenters. The molecule has 2 fully saturated rings. The number of aromatic amines is 1. The average molecular weight is 295 g/mol. The van der Waals surface area contributed by atoms with E-state index in [1.165, 1.54) is 6.20 Å². The van der Waals surface area contributed by atoms with E-state index in [0.29, 0.717) is 37.9 Å². The molecule has 2 atom stereocenters. The van der Waals surface area contributed by atoms with Gasteiger partial charge in [0.15, 0.2) is 0 Å². The molecule has 7 heteroatoms. The Labute approximate surface area is 122 Å². The van der Waals surface area contributed by atoms with Crippen LogP contribution in [0.1, 0.15) is 36.5 Å².